The zero-order valence-electron chi connectivity index (χ0n) is 10.8. The van der Waals surface area contributed by atoms with E-state index in [1.165, 1.54) is 17.7 Å². The molecule has 2 aromatic carbocycles. The predicted octanol–water partition coefficient (Wildman–Crippen LogP) is 4.18. The van der Waals surface area contributed by atoms with Crippen molar-refractivity contribution in [3.05, 3.63) is 65.5 Å². The summed E-state index contributed by atoms with van der Waals surface area (Å²) >= 11 is 0. The molecule has 1 unspecified atom stereocenters. The molecule has 0 fully saturated rings. The topological polar surface area (TPSA) is 12.0 Å². The summed E-state index contributed by atoms with van der Waals surface area (Å²) in [5.41, 5.74) is 3.06. The third-order valence-corrected chi connectivity index (χ3v) is 2.84. The summed E-state index contributed by atoms with van der Waals surface area (Å²) in [5.74, 6) is -0.190. The van der Waals surface area contributed by atoms with E-state index in [4.69, 9.17) is 0 Å². The Morgan fingerprint density at radius 2 is 1.83 bits per heavy atom. The first kappa shape index (κ1) is 12.6. The molecule has 0 saturated carbocycles. The van der Waals surface area contributed by atoms with Crippen LogP contribution in [0.15, 0.2) is 48.5 Å². The van der Waals surface area contributed by atoms with Crippen molar-refractivity contribution in [1.29, 1.82) is 0 Å². The van der Waals surface area contributed by atoms with Crippen LogP contribution in [-0.2, 0) is 6.42 Å². The predicted molar refractivity (Wildman–Crippen MR) is 74.4 cm³/mol. The van der Waals surface area contributed by atoms with Crippen LogP contribution in [0.5, 0.6) is 0 Å². The molecule has 18 heavy (non-hydrogen) atoms. The number of halogens is 1. The minimum Gasteiger partial charge on any atom is -0.382 e. The van der Waals surface area contributed by atoms with Crippen LogP contribution in [0, 0.1) is 12.7 Å². The molecule has 0 aromatic heterocycles. The second-order valence-electron chi connectivity index (χ2n) is 4.75. The molecule has 1 N–H and O–H groups in total. The number of anilines is 1. The smallest absolute Gasteiger partial charge is 0.125 e. The first-order valence-electron chi connectivity index (χ1n) is 6.21. The lowest BCUT2D eigenvalue weighted by Gasteiger charge is -2.16. The molecule has 94 valence electrons. The van der Waals surface area contributed by atoms with E-state index in [-0.39, 0.29) is 11.9 Å². The van der Waals surface area contributed by atoms with Gasteiger partial charge in [-0.05, 0) is 49.6 Å². The molecule has 0 bridgehead atoms. The summed E-state index contributed by atoms with van der Waals surface area (Å²) in [7, 11) is 0. The van der Waals surface area contributed by atoms with Crippen molar-refractivity contribution in [3.63, 3.8) is 0 Å². The van der Waals surface area contributed by atoms with Gasteiger partial charge in [-0.3, -0.25) is 0 Å². The molecule has 0 saturated heterocycles. The Labute approximate surface area is 108 Å². The average Bonchev–Trinajstić information content (AvgIpc) is 2.28. The van der Waals surface area contributed by atoms with E-state index in [2.05, 4.69) is 24.4 Å². The number of nitrogens with one attached hydrogen (secondary N) is 1. The summed E-state index contributed by atoms with van der Waals surface area (Å²) in [6.45, 7) is 4.00. The third-order valence-electron chi connectivity index (χ3n) is 2.84. The van der Waals surface area contributed by atoms with Crippen LogP contribution in [-0.4, -0.2) is 6.04 Å². The fraction of sp³-hybridized carbons (Fsp3) is 0.250. The molecule has 0 spiro atoms. The van der Waals surface area contributed by atoms with Crippen LogP contribution < -0.4 is 5.32 Å². The minimum atomic E-state index is -0.190. The summed E-state index contributed by atoms with van der Waals surface area (Å²) in [6, 6.07) is 15.6. The van der Waals surface area contributed by atoms with Crippen LogP contribution in [0.25, 0.3) is 0 Å². The SMILES string of the molecule is Cc1cc(F)cc(NC(C)Cc2ccccc2)c1. The second-order valence-corrected chi connectivity index (χ2v) is 4.75. The summed E-state index contributed by atoms with van der Waals surface area (Å²) in [6.07, 6.45) is 0.927. The number of aryl methyl sites for hydroxylation is 1. The average molecular weight is 243 g/mol. The van der Waals surface area contributed by atoms with Gasteiger partial charge >= 0.3 is 0 Å². The Morgan fingerprint density at radius 1 is 1.11 bits per heavy atom. The summed E-state index contributed by atoms with van der Waals surface area (Å²) in [4.78, 5) is 0. The van der Waals surface area contributed by atoms with Gasteiger partial charge in [0.2, 0.25) is 0 Å². The van der Waals surface area contributed by atoms with Crippen molar-refractivity contribution in [3.8, 4) is 0 Å². The highest BCUT2D eigenvalue weighted by Gasteiger charge is 2.04. The standard InChI is InChI=1S/C16H18FN/c1-12-8-15(17)11-16(9-12)18-13(2)10-14-6-4-3-5-7-14/h3-9,11,13,18H,10H2,1-2H3. The fourth-order valence-electron chi connectivity index (χ4n) is 2.12. The van der Waals surface area contributed by atoms with Crippen LogP contribution in [0.2, 0.25) is 0 Å². The molecular weight excluding hydrogens is 225 g/mol. The molecule has 0 aliphatic rings. The molecule has 0 aliphatic heterocycles. The first-order valence-corrected chi connectivity index (χ1v) is 6.21. The summed E-state index contributed by atoms with van der Waals surface area (Å²) < 4.78 is 13.3. The van der Waals surface area contributed by atoms with Gasteiger partial charge in [0.25, 0.3) is 0 Å². The highest BCUT2D eigenvalue weighted by Crippen LogP contribution is 2.15. The van der Waals surface area contributed by atoms with Crippen molar-refractivity contribution in [2.75, 3.05) is 5.32 Å². The normalized spacial score (nSPS) is 12.2. The fourth-order valence-corrected chi connectivity index (χ4v) is 2.12. The van der Waals surface area contributed by atoms with Gasteiger partial charge < -0.3 is 5.32 Å². The van der Waals surface area contributed by atoms with Gasteiger partial charge in [0.1, 0.15) is 5.82 Å². The van der Waals surface area contributed by atoms with Crippen molar-refractivity contribution < 1.29 is 4.39 Å². The Hall–Kier alpha value is -1.83. The molecule has 2 heteroatoms. The van der Waals surface area contributed by atoms with Crippen molar-refractivity contribution in [2.45, 2.75) is 26.3 Å². The Balaban J connectivity index is 2.01. The molecule has 2 rings (SSSR count). The van der Waals surface area contributed by atoms with E-state index in [1.807, 2.05) is 31.2 Å². The van der Waals surface area contributed by atoms with Gasteiger partial charge in [-0.25, -0.2) is 4.39 Å². The number of hydrogen-bond donors (Lipinski definition) is 1. The highest BCUT2D eigenvalue weighted by molar-refractivity contribution is 5.46. The van der Waals surface area contributed by atoms with Crippen LogP contribution in [0.1, 0.15) is 18.1 Å². The molecule has 1 atom stereocenters. The molecule has 0 radical (unpaired) electrons. The van der Waals surface area contributed by atoms with E-state index in [0.717, 1.165) is 17.7 Å². The number of rotatable bonds is 4. The molecule has 1 nitrogen and oxygen atoms in total. The molecular formula is C16H18FN. The maximum Gasteiger partial charge on any atom is 0.125 e. The zero-order chi connectivity index (χ0) is 13.0. The van der Waals surface area contributed by atoms with Gasteiger partial charge in [0, 0.05) is 11.7 Å². The van der Waals surface area contributed by atoms with Gasteiger partial charge in [0.15, 0.2) is 0 Å². The van der Waals surface area contributed by atoms with E-state index in [0.29, 0.717) is 0 Å². The number of hydrogen-bond acceptors (Lipinski definition) is 1. The molecule has 0 amide bonds. The van der Waals surface area contributed by atoms with Gasteiger partial charge in [-0.15, -0.1) is 0 Å². The van der Waals surface area contributed by atoms with Gasteiger partial charge in [-0.2, -0.15) is 0 Å². The maximum absolute atomic E-state index is 13.3. The van der Waals surface area contributed by atoms with Crippen molar-refractivity contribution in [1.82, 2.24) is 0 Å². The lowest BCUT2D eigenvalue weighted by molar-refractivity contribution is 0.626. The largest absolute Gasteiger partial charge is 0.382 e. The lowest BCUT2D eigenvalue weighted by Crippen LogP contribution is -2.18. The third kappa shape index (κ3) is 3.59. The zero-order valence-corrected chi connectivity index (χ0v) is 10.8. The molecule has 0 aliphatic carbocycles. The Bertz CT molecular complexity index is 488. The first-order chi connectivity index (χ1) is 8.63. The summed E-state index contributed by atoms with van der Waals surface area (Å²) in [5, 5.41) is 3.33. The van der Waals surface area contributed by atoms with Crippen LogP contribution in [0.4, 0.5) is 10.1 Å². The van der Waals surface area contributed by atoms with E-state index in [1.54, 1.807) is 0 Å². The Morgan fingerprint density at radius 3 is 2.50 bits per heavy atom. The van der Waals surface area contributed by atoms with Crippen LogP contribution in [0.3, 0.4) is 0 Å². The van der Waals surface area contributed by atoms with E-state index in [9.17, 15) is 4.39 Å². The van der Waals surface area contributed by atoms with Crippen molar-refractivity contribution >= 4 is 5.69 Å². The lowest BCUT2D eigenvalue weighted by atomic mass is 10.1. The molecule has 2 aromatic rings. The number of benzene rings is 2. The highest BCUT2D eigenvalue weighted by atomic mass is 19.1. The second kappa shape index (κ2) is 5.67. The molecule has 0 heterocycles. The monoisotopic (exact) mass is 243 g/mol. The Kier molecular flexibility index (Phi) is 3.98. The maximum atomic E-state index is 13.3. The quantitative estimate of drug-likeness (QED) is 0.849. The van der Waals surface area contributed by atoms with E-state index < -0.39 is 0 Å². The van der Waals surface area contributed by atoms with Gasteiger partial charge in [0.05, 0.1) is 0 Å². The van der Waals surface area contributed by atoms with Crippen molar-refractivity contribution in [2.24, 2.45) is 0 Å². The van der Waals surface area contributed by atoms with E-state index >= 15 is 0 Å². The minimum absolute atomic E-state index is 0.190. The van der Waals surface area contributed by atoms with Gasteiger partial charge in [-0.1, -0.05) is 30.3 Å². The van der Waals surface area contributed by atoms with Crippen LogP contribution >= 0.6 is 0 Å².